The van der Waals surface area contributed by atoms with Crippen LogP contribution >= 0.6 is 0 Å². The van der Waals surface area contributed by atoms with E-state index in [1.54, 1.807) is 6.20 Å². The highest BCUT2D eigenvalue weighted by atomic mass is 16.5. The van der Waals surface area contributed by atoms with Gasteiger partial charge in [0.05, 0.1) is 5.69 Å². The summed E-state index contributed by atoms with van der Waals surface area (Å²) >= 11 is 0. The zero-order valence-corrected chi connectivity index (χ0v) is 12.3. The van der Waals surface area contributed by atoms with Gasteiger partial charge in [0.25, 0.3) is 0 Å². The number of likely N-dealkylation sites (tertiary alicyclic amines) is 1. The van der Waals surface area contributed by atoms with Gasteiger partial charge in [0.1, 0.15) is 6.54 Å². The third-order valence-electron chi connectivity index (χ3n) is 4.54. The van der Waals surface area contributed by atoms with E-state index in [1.807, 2.05) is 6.07 Å². The quantitative estimate of drug-likeness (QED) is 0.907. The molecule has 1 unspecified atom stereocenters. The minimum absolute atomic E-state index is 0.0591. The molecule has 1 aromatic heterocycles. The van der Waals surface area contributed by atoms with Crippen LogP contribution in [0.2, 0.25) is 0 Å². The molecule has 6 nitrogen and oxygen atoms in total. The number of aromatic nitrogens is 2. The van der Waals surface area contributed by atoms with Gasteiger partial charge in [-0.3, -0.25) is 14.4 Å². The van der Waals surface area contributed by atoms with Gasteiger partial charge in [-0.05, 0) is 38.3 Å². The third kappa shape index (κ3) is 3.63. The van der Waals surface area contributed by atoms with Crippen LogP contribution in [0, 0.1) is 0 Å². The first kappa shape index (κ1) is 14.5. The van der Waals surface area contributed by atoms with Gasteiger partial charge in [-0.15, -0.1) is 0 Å². The van der Waals surface area contributed by atoms with Crippen LogP contribution in [0.25, 0.3) is 0 Å². The molecule has 0 aliphatic carbocycles. The summed E-state index contributed by atoms with van der Waals surface area (Å²) in [6, 6.07) is 2.61. The normalized spacial score (nSPS) is 25.0. The van der Waals surface area contributed by atoms with E-state index >= 15 is 0 Å². The minimum atomic E-state index is -0.850. The number of carboxylic acids is 1. The van der Waals surface area contributed by atoms with Crippen molar-refractivity contribution in [2.24, 2.45) is 0 Å². The van der Waals surface area contributed by atoms with Crippen LogP contribution in [0.15, 0.2) is 12.3 Å². The fourth-order valence-corrected chi connectivity index (χ4v) is 3.45. The summed E-state index contributed by atoms with van der Waals surface area (Å²) in [5.41, 5.74) is 1.04. The maximum Gasteiger partial charge on any atom is 0.325 e. The Balaban J connectivity index is 1.62. The second kappa shape index (κ2) is 6.58. The molecule has 2 aliphatic heterocycles. The van der Waals surface area contributed by atoms with Crippen molar-refractivity contribution in [2.75, 3.05) is 26.3 Å². The molecular formula is C15H23N3O3. The van der Waals surface area contributed by atoms with E-state index in [-0.39, 0.29) is 6.54 Å². The molecule has 6 heteroatoms. The van der Waals surface area contributed by atoms with Crippen molar-refractivity contribution < 1.29 is 14.6 Å². The number of hydrogen-bond donors (Lipinski definition) is 1. The molecule has 2 saturated heterocycles. The van der Waals surface area contributed by atoms with Crippen molar-refractivity contribution >= 4 is 5.97 Å². The summed E-state index contributed by atoms with van der Waals surface area (Å²) in [6.07, 6.45) is 6.36. The summed E-state index contributed by atoms with van der Waals surface area (Å²) in [5.74, 6) is -0.422. The molecule has 3 heterocycles. The second-order valence-electron chi connectivity index (χ2n) is 6.01. The molecule has 2 aliphatic rings. The van der Waals surface area contributed by atoms with E-state index in [1.165, 1.54) is 11.1 Å². The zero-order valence-electron chi connectivity index (χ0n) is 12.3. The lowest BCUT2D eigenvalue weighted by molar-refractivity contribution is -0.137. The molecule has 116 valence electrons. The first-order valence-corrected chi connectivity index (χ1v) is 7.79. The Kier molecular flexibility index (Phi) is 4.55. The highest BCUT2D eigenvalue weighted by Crippen LogP contribution is 2.28. The lowest BCUT2D eigenvalue weighted by Crippen LogP contribution is -2.44. The summed E-state index contributed by atoms with van der Waals surface area (Å²) in [4.78, 5) is 13.3. The lowest BCUT2D eigenvalue weighted by atomic mass is 9.92. The van der Waals surface area contributed by atoms with E-state index in [0.717, 1.165) is 51.3 Å². The Morgan fingerprint density at radius 3 is 2.95 bits per heavy atom. The van der Waals surface area contributed by atoms with Crippen LogP contribution in [0.5, 0.6) is 0 Å². The number of hydrogen-bond acceptors (Lipinski definition) is 4. The van der Waals surface area contributed by atoms with Crippen molar-refractivity contribution in [2.45, 2.75) is 44.2 Å². The first-order valence-electron chi connectivity index (χ1n) is 7.79. The van der Waals surface area contributed by atoms with Crippen molar-refractivity contribution in [1.29, 1.82) is 0 Å². The van der Waals surface area contributed by atoms with E-state index in [0.29, 0.717) is 12.0 Å². The topological polar surface area (TPSA) is 67.6 Å². The molecule has 0 spiro atoms. The monoisotopic (exact) mass is 293 g/mol. The predicted molar refractivity (Wildman–Crippen MR) is 77.3 cm³/mol. The predicted octanol–water partition coefficient (Wildman–Crippen LogP) is 1.33. The van der Waals surface area contributed by atoms with Gasteiger partial charge >= 0.3 is 5.97 Å². The Morgan fingerprint density at radius 2 is 2.19 bits per heavy atom. The SMILES string of the molecule is O=C(O)Cn1ccc(C2CCCN(C3CCOCC3)C2)n1. The average molecular weight is 293 g/mol. The Bertz CT molecular complexity index is 482. The van der Waals surface area contributed by atoms with Gasteiger partial charge in [-0.1, -0.05) is 0 Å². The third-order valence-corrected chi connectivity index (χ3v) is 4.54. The number of carbonyl (C=O) groups is 1. The summed E-state index contributed by atoms with van der Waals surface area (Å²) in [7, 11) is 0. The average Bonchev–Trinajstić information content (AvgIpc) is 2.96. The Morgan fingerprint density at radius 1 is 1.38 bits per heavy atom. The summed E-state index contributed by atoms with van der Waals surface area (Å²) in [5, 5.41) is 13.3. The van der Waals surface area contributed by atoms with Gasteiger partial charge < -0.3 is 9.84 Å². The molecule has 0 radical (unpaired) electrons. The van der Waals surface area contributed by atoms with Crippen LogP contribution in [0.3, 0.4) is 0 Å². The molecule has 1 N–H and O–H groups in total. The summed E-state index contributed by atoms with van der Waals surface area (Å²) in [6.45, 7) is 3.89. The fraction of sp³-hybridized carbons (Fsp3) is 0.733. The highest BCUT2D eigenvalue weighted by Gasteiger charge is 2.28. The highest BCUT2D eigenvalue weighted by molar-refractivity contribution is 5.66. The van der Waals surface area contributed by atoms with Gasteiger partial charge in [0.2, 0.25) is 0 Å². The van der Waals surface area contributed by atoms with Crippen molar-refractivity contribution in [1.82, 2.24) is 14.7 Å². The second-order valence-corrected chi connectivity index (χ2v) is 6.01. The van der Waals surface area contributed by atoms with E-state index < -0.39 is 5.97 Å². The fourth-order valence-electron chi connectivity index (χ4n) is 3.45. The lowest BCUT2D eigenvalue weighted by Gasteiger charge is -2.39. The maximum atomic E-state index is 10.7. The van der Waals surface area contributed by atoms with E-state index in [4.69, 9.17) is 9.84 Å². The number of piperidine rings is 1. The first-order chi connectivity index (χ1) is 10.2. The van der Waals surface area contributed by atoms with Gasteiger partial charge in [-0.25, -0.2) is 0 Å². The number of nitrogens with zero attached hydrogens (tertiary/aromatic N) is 3. The zero-order chi connectivity index (χ0) is 14.7. The molecule has 0 bridgehead atoms. The number of ether oxygens (including phenoxy) is 1. The standard InChI is InChI=1S/C15H23N3O3/c19-15(20)11-18-7-3-14(16-18)12-2-1-6-17(10-12)13-4-8-21-9-5-13/h3,7,12-13H,1-2,4-6,8-11H2,(H,19,20). The molecule has 21 heavy (non-hydrogen) atoms. The van der Waals surface area contributed by atoms with Crippen LogP contribution in [0.4, 0.5) is 0 Å². The molecular weight excluding hydrogens is 270 g/mol. The van der Waals surface area contributed by atoms with Crippen LogP contribution < -0.4 is 0 Å². The molecule has 1 atom stereocenters. The minimum Gasteiger partial charge on any atom is -0.480 e. The molecule has 3 rings (SSSR count). The maximum absolute atomic E-state index is 10.7. The number of aliphatic carboxylic acids is 1. The Hall–Kier alpha value is -1.40. The largest absolute Gasteiger partial charge is 0.480 e. The van der Waals surface area contributed by atoms with Gasteiger partial charge in [0, 0.05) is 37.9 Å². The molecule has 0 saturated carbocycles. The summed E-state index contributed by atoms with van der Waals surface area (Å²) < 4.78 is 6.96. The van der Waals surface area contributed by atoms with Gasteiger partial charge in [-0.2, -0.15) is 5.10 Å². The van der Waals surface area contributed by atoms with E-state index in [9.17, 15) is 4.79 Å². The molecule has 0 aromatic carbocycles. The van der Waals surface area contributed by atoms with Crippen LogP contribution in [0.1, 0.15) is 37.3 Å². The van der Waals surface area contributed by atoms with Crippen LogP contribution in [-0.4, -0.2) is 58.1 Å². The molecule has 0 amide bonds. The van der Waals surface area contributed by atoms with Gasteiger partial charge in [0.15, 0.2) is 0 Å². The molecule has 1 aromatic rings. The Labute approximate surface area is 124 Å². The van der Waals surface area contributed by atoms with Crippen LogP contribution in [-0.2, 0) is 16.1 Å². The van der Waals surface area contributed by atoms with E-state index in [2.05, 4.69) is 10.00 Å². The number of carboxylic acid groups (broad SMARTS) is 1. The van der Waals surface area contributed by atoms with Crippen molar-refractivity contribution in [3.8, 4) is 0 Å². The molecule has 2 fully saturated rings. The van der Waals surface area contributed by atoms with Crippen molar-refractivity contribution in [3.05, 3.63) is 18.0 Å². The van der Waals surface area contributed by atoms with Crippen molar-refractivity contribution in [3.63, 3.8) is 0 Å². The smallest absolute Gasteiger partial charge is 0.325 e. The number of rotatable bonds is 4.